The Morgan fingerprint density at radius 2 is 1.69 bits per heavy atom. The lowest BCUT2D eigenvalue weighted by atomic mass is 9.95. The minimum atomic E-state index is -0.00907. The van der Waals surface area contributed by atoms with Crippen molar-refractivity contribution in [3.63, 3.8) is 0 Å². The van der Waals surface area contributed by atoms with Crippen molar-refractivity contribution in [2.75, 3.05) is 32.1 Å². The fourth-order valence-corrected chi connectivity index (χ4v) is 3.72. The molecule has 3 rings (SSSR count). The van der Waals surface area contributed by atoms with Gasteiger partial charge in [-0.2, -0.15) is 0 Å². The summed E-state index contributed by atoms with van der Waals surface area (Å²) in [6, 6.07) is 18.3. The molecule has 2 aromatic rings. The van der Waals surface area contributed by atoms with Gasteiger partial charge < -0.3 is 15.1 Å². The number of aryl methyl sites for hydroxylation is 1. The Bertz CT molecular complexity index is 812. The van der Waals surface area contributed by atoms with Gasteiger partial charge >= 0.3 is 0 Å². The Morgan fingerprint density at radius 3 is 2.38 bits per heavy atom. The van der Waals surface area contributed by atoms with Gasteiger partial charge in [-0.05, 0) is 42.5 Å². The topological polar surface area (TPSA) is 52.7 Å². The maximum atomic E-state index is 12.6. The summed E-state index contributed by atoms with van der Waals surface area (Å²) in [6.07, 6.45) is 2.77. The van der Waals surface area contributed by atoms with Crippen molar-refractivity contribution in [1.29, 1.82) is 0 Å². The van der Waals surface area contributed by atoms with Crippen LogP contribution in [0.2, 0.25) is 0 Å². The SMILES string of the molecule is CN(C)c1cccc(CNC(=O)C2CCN(C(=O)CCc3ccccc3)CC2)c1. The second-order valence-corrected chi connectivity index (χ2v) is 7.92. The van der Waals surface area contributed by atoms with Crippen LogP contribution < -0.4 is 10.2 Å². The minimum Gasteiger partial charge on any atom is -0.378 e. The van der Waals surface area contributed by atoms with Gasteiger partial charge in [0.25, 0.3) is 0 Å². The molecule has 1 aliphatic rings. The summed E-state index contributed by atoms with van der Waals surface area (Å²) in [5.74, 6) is 0.273. The molecule has 0 aliphatic carbocycles. The Labute approximate surface area is 173 Å². The molecule has 0 aromatic heterocycles. The second-order valence-electron chi connectivity index (χ2n) is 7.92. The van der Waals surface area contributed by atoms with E-state index in [1.165, 1.54) is 5.56 Å². The highest BCUT2D eigenvalue weighted by Gasteiger charge is 2.26. The van der Waals surface area contributed by atoms with E-state index in [1.54, 1.807) is 0 Å². The van der Waals surface area contributed by atoms with Gasteiger partial charge in [-0.25, -0.2) is 0 Å². The third kappa shape index (κ3) is 6.08. The molecule has 0 spiro atoms. The third-order valence-electron chi connectivity index (χ3n) is 5.58. The van der Waals surface area contributed by atoms with E-state index in [0.29, 0.717) is 26.1 Å². The number of likely N-dealkylation sites (tertiary alicyclic amines) is 1. The first kappa shape index (κ1) is 20.9. The lowest BCUT2D eigenvalue weighted by Gasteiger charge is -2.31. The van der Waals surface area contributed by atoms with Crippen LogP contribution in [0.1, 0.15) is 30.4 Å². The Morgan fingerprint density at radius 1 is 1.00 bits per heavy atom. The lowest BCUT2D eigenvalue weighted by Crippen LogP contribution is -2.43. The molecule has 5 heteroatoms. The van der Waals surface area contributed by atoms with Crippen LogP contribution in [0, 0.1) is 5.92 Å². The average molecular weight is 394 g/mol. The molecule has 5 nitrogen and oxygen atoms in total. The number of amides is 2. The maximum Gasteiger partial charge on any atom is 0.223 e. The highest BCUT2D eigenvalue weighted by molar-refractivity contribution is 5.80. The van der Waals surface area contributed by atoms with Gasteiger partial charge in [-0.15, -0.1) is 0 Å². The van der Waals surface area contributed by atoms with Crippen LogP contribution in [0.5, 0.6) is 0 Å². The number of rotatable bonds is 7. The largest absolute Gasteiger partial charge is 0.378 e. The molecule has 1 N–H and O–H groups in total. The zero-order chi connectivity index (χ0) is 20.6. The molecule has 0 radical (unpaired) electrons. The quantitative estimate of drug-likeness (QED) is 0.786. The van der Waals surface area contributed by atoms with Crippen molar-refractivity contribution in [2.45, 2.75) is 32.2 Å². The van der Waals surface area contributed by atoms with Gasteiger partial charge in [-0.3, -0.25) is 9.59 Å². The number of carbonyl (C=O) groups is 2. The molecule has 1 heterocycles. The molecular weight excluding hydrogens is 362 g/mol. The van der Waals surface area contributed by atoms with Crippen LogP contribution in [0.15, 0.2) is 54.6 Å². The molecule has 29 heavy (non-hydrogen) atoms. The van der Waals surface area contributed by atoms with Gasteiger partial charge in [0.1, 0.15) is 0 Å². The normalized spacial score (nSPS) is 14.5. The van der Waals surface area contributed by atoms with Crippen LogP contribution in [0.3, 0.4) is 0 Å². The monoisotopic (exact) mass is 393 g/mol. The number of carbonyl (C=O) groups excluding carboxylic acids is 2. The van der Waals surface area contributed by atoms with Crippen LogP contribution in [0.4, 0.5) is 5.69 Å². The van der Waals surface area contributed by atoms with E-state index in [1.807, 2.05) is 49.3 Å². The number of benzene rings is 2. The van der Waals surface area contributed by atoms with Gasteiger partial charge in [0.05, 0.1) is 0 Å². The first-order chi connectivity index (χ1) is 14.0. The van der Waals surface area contributed by atoms with Crippen molar-refractivity contribution >= 4 is 17.5 Å². The van der Waals surface area contributed by atoms with Crippen molar-refractivity contribution in [1.82, 2.24) is 10.2 Å². The summed E-state index contributed by atoms with van der Waals surface area (Å²) in [5, 5.41) is 3.06. The average Bonchev–Trinajstić information content (AvgIpc) is 2.77. The fourth-order valence-electron chi connectivity index (χ4n) is 3.72. The molecule has 2 amide bonds. The second kappa shape index (κ2) is 10.1. The van der Waals surface area contributed by atoms with Gasteiger partial charge in [0.15, 0.2) is 0 Å². The van der Waals surface area contributed by atoms with E-state index in [-0.39, 0.29) is 17.7 Å². The van der Waals surface area contributed by atoms with Crippen LogP contribution >= 0.6 is 0 Å². The van der Waals surface area contributed by atoms with Crippen molar-refractivity contribution in [3.05, 3.63) is 65.7 Å². The zero-order valence-electron chi connectivity index (χ0n) is 17.4. The van der Waals surface area contributed by atoms with Crippen molar-refractivity contribution in [2.24, 2.45) is 5.92 Å². The highest BCUT2D eigenvalue weighted by Crippen LogP contribution is 2.19. The molecule has 1 aliphatic heterocycles. The summed E-state index contributed by atoms with van der Waals surface area (Å²) in [5.41, 5.74) is 3.41. The van der Waals surface area contributed by atoms with Crippen molar-refractivity contribution in [3.8, 4) is 0 Å². The summed E-state index contributed by atoms with van der Waals surface area (Å²) in [7, 11) is 4.01. The van der Waals surface area contributed by atoms with E-state index in [9.17, 15) is 9.59 Å². The highest BCUT2D eigenvalue weighted by atomic mass is 16.2. The Balaban J connectivity index is 1.41. The number of hydrogen-bond donors (Lipinski definition) is 1. The summed E-state index contributed by atoms with van der Waals surface area (Å²) < 4.78 is 0. The smallest absolute Gasteiger partial charge is 0.223 e. The number of piperidine rings is 1. The summed E-state index contributed by atoms with van der Waals surface area (Å²) in [6.45, 7) is 1.88. The first-order valence-corrected chi connectivity index (χ1v) is 10.4. The van der Waals surface area contributed by atoms with Crippen LogP contribution in [-0.4, -0.2) is 43.9 Å². The standard InChI is InChI=1S/C24H31N3O2/c1-26(2)22-10-6-9-20(17-22)18-25-24(29)21-13-15-27(16-14-21)23(28)12-11-19-7-4-3-5-8-19/h3-10,17,21H,11-16,18H2,1-2H3,(H,25,29). The first-order valence-electron chi connectivity index (χ1n) is 10.4. The molecule has 1 saturated heterocycles. The van der Waals surface area contributed by atoms with Crippen molar-refractivity contribution < 1.29 is 9.59 Å². The molecule has 0 bridgehead atoms. The number of nitrogens with one attached hydrogen (secondary N) is 1. The van der Waals surface area contributed by atoms with Crippen LogP contribution in [0.25, 0.3) is 0 Å². The Hall–Kier alpha value is -2.82. The number of nitrogens with zero attached hydrogens (tertiary/aromatic N) is 2. The van der Waals surface area contributed by atoms with E-state index in [0.717, 1.165) is 30.5 Å². The van der Waals surface area contributed by atoms with E-state index in [2.05, 4.69) is 34.5 Å². The van der Waals surface area contributed by atoms with E-state index >= 15 is 0 Å². The Kier molecular flexibility index (Phi) is 7.28. The predicted molar refractivity (Wildman–Crippen MR) is 117 cm³/mol. The predicted octanol–water partition coefficient (Wildman–Crippen LogP) is 3.24. The fraction of sp³-hybridized carbons (Fsp3) is 0.417. The van der Waals surface area contributed by atoms with Gasteiger partial charge in [-0.1, -0.05) is 42.5 Å². The van der Waals surface area contributed by atoms with E-state index < -0.39 is 0 Å². The molecule has 0 atom stereocenters. The molecule has 0 saturated carbocycles. The molecule has 154 valence electrons. The number of anilines is 1. The van der Waals surface area contributed by atoms with Gasteiger partial charge in [0, 0.05) is 51.8 Å². The third-order valence-corrected chi connectivity index (χ3v) is 5.58. The van der Waals surface area contributed by atoms with E-state index in [4.69, 9.17) is 0 Å². The molecular formula is C24H31N3O2. The van der Waals surface area contributed by atoms with Crippen LogP contribution in [-0.2, 0) is 22.6 Å². The lowest BCUT2D eigenvalue weighted by molar-refractivity contribution is -0.135. The molecule has 2 aromatic carbocycles. The molecule has 0 unspecified atom stereocenters. The maximum absolute atomic E-state index is 12.6. The minimum absolute atomic E-state index is 0.00907. The summed E-state index contributed by atoms with van der Waals surface area (Å²) >= 11 is 0. The number of hydrogen-bond acceptors (Lipinski definition) is 3. The molecule has 1 fully saturated rings. The van der Waals surface area contributed by atoms with Gasteiger partial charge in [0.2, 0.25) is 11.8 Å². The summed E-state index contributed by atoms with van der Waals surface area (Å²) in [4.78, 5) is 29.0. The zero-order valence-corrected chi connectivity index (χ0v) is 17.4.